The van der Waals surface area contributed by atoms with Crippen molar-refractivity contribution in [2.45, 2.75) is 38.6 Å². The summed E-state index contributed by atoms with van der Waals surface area (Å²) in [5, 5.41) is 12.7. The number of thioether (sulfide) groups is 1. The lowest BCUT2D eigenvalue weighted by Crippen LogP contribution is -2.15. The van der Waals surface area contributed by atoms with Crippen molar-refractivity contribution < 1.29 is 9.53 Å². The number of carbonyl (C=O) groups is 1. The van der Waals surface area contributed by atoms with E-state index in [0.717, 1.165) is 16.8 Å². The number of benzene rings is 2. The van der Waals surface area contributed by atoms with Gasteiger partial charge in [0.2, 0.25) is 5.91 Å². The van der Waals surface area contributed by atoms with Crippen molar-refractivity contribution in [2.24, 2.45) is 0 Å². The lowest BCUT2D eigenvalue weighted by Gasteiger charge is -2.16. The highest BCUT2D eigenvalue weighted by atomic mass is 35.5. The lowest BCUT2D eigenvalue weighted by atomic mass is 10.1. The summed E-state index contributed by atoms with van der Waals surface area (Å²) >= 11 is 7.36. The van der Waals surface area contributed by atoms with Gasteiger partial charge < -0.3 is 10.1 Å². The van der Waals surface area contributed by atoms with Crippen LogP contribution in [-0.2, 0) is 11.3 Å². The Balaban J connectivity index is 1.68. The molecule has 1 N–H and O–H groups in total. The Bertz CT molecular complexity index is 1060. The number of nitrogens with one attached hydrogen (secondary N) is 1. The smallest absolute Gasteiger partial charge is 0.234 e. The summed E-state index contributed by atoms with van der Waals surface area (Å²) in [6, 6.07) is 13.2. The molecule has 8 heteroatoms. The predicted octanol–water partition coefficient (Wildman–Crippen LogP) is 5.61. The van der Waals surface area contributed by atoms with Gasteiger partial charge in [-0.1, -0.05) is 41.6 Å². The molecule has 0 saturated heterocycles. The summed E-state index contributed by atoms with van der Waals surface area (Å²) in [6.45, 7) is 10.2. The Morgan fingerprint density at radius 1 is 1.26 bits per heavy atom. The molecule has 0 aliphatic rings. The van der Waals surface area contributed by atoms with Gasteiger partial charge in [0.05, 0.1) is 5.75 Å². The number of anilines is 1. The van der Waals surface area contributed by atoms with Crippen molar-refractivity contribution in [1.82, 2.24) is 14.8 Å². The second kappa shape index (κ2) is 10.5. The Hall–Kier alpha value is -2.77. The standard InChI is InChI=1S/C23H25ClN4O2S/c1-5-9-28-22(17(4)30-20-8-6-7-18(24)13-20)26-27-23(28)31-14-21(29)25-19-11-15(2)10-16(3)12-19/h5-8,10-13,17H,1,9,14H2,2-4H3,(H,25,29). The van der Waals surface area contributed by atoms with E-state index in [2.05, 4.69) is 28.2 Å². The summed E-state index contributed by atoms with van der Waals surface area (Å²) < 4.78 is 7.88. The van der Waals surface area contributed by atoms with Gasteiger partial charge in [0.15, 0.2) is 17.1 Å². The zero-order valence-electron chi connectivity index (χ0n) is 17.8. The SMILES string of the molecule is C=CCn1c(SCC(=O)Nc2cc(C)cc(C)c2)nnc1C(C)Oc1cccc(Cl)c1. The van der Waals surface area contributed by atoms with Crippen LogP contribution in [0.2, 0.25) is 5.02 Å². The first-order valence-corrected chi connectivity index (χ1v) is 11.2. The molecule has 0 aliphatic carbocycles. The molecule has 0 spiro atoms. The van der Waals surface area contributed by atoms with E-state index in [1.54, 1.807) is 18.2 Å². The summed E-state index contributed by atoms with van der Waals surface area (Å²) in [5.74, 6) is 1.41. The highest BCUT2D eigenvalue weighted by Crippen LogP contribution is 2.26. The second-order valence-electron chi connectivity index (χ2n) is 7.17. The van der Waals surface area contributed by atoms with Crippen molar-refractivity contribution >= 4 is 35.0 Å². The minimum Gasteiger partial charge on any atom is -0.483 e. The maximum atomic E-state index is 12.4. The van der Waals surface area contributed by atoms with E-state index in [9.17, 15) is 4.79 Å². The van der Waals surface area contributed by atoms with Gasteiger partial charge in [0, 0.05) is 17.3 Å². The Morgan fingerprint density at radius 2 is 2.00 bits per heavy atom. The molecular formula is C23H25ClN4O2S. The number of rotatable bonds is 9. The number of hydrogen-bond donors (Lipinski definition) is 1. The van der Waals surface area contributed by atoms with E-state index in [4.69, 9.17) is 16.3 Å². The number of nitrogens with zero attached hydrogens (tertiary/aromatic N) is 3. The molecule has 0 radical (unpaired) electrons. The molecule has 0 saturated carbocycles. The quantitative estimate of drug-likeness (QED) is 0.335. The van der Waals surface area contributed by atoms with Gasteiger partial charge in [-0.3, -0.25) is 9.36 Å². The summed E-state index contributed by atoms with van der Waals surface area (Å²) in [4.78, 5) is 12.4. The molecular weight excluding hydrogens is 432 g/mol. The molecule has 1 amide bonds. The first-order valence-electron chi connectivity index (χ1n) is 9.83. The van der Waals surface area contributed by atoms with Crippen LogP contribution in [0.5, 0.6) is 5.75 Å². The minimum atomic E-state index is -0.357. The molecule has 3 aromatic rings. The predicted molar refractivity (Wildman–Crippen MR) is 126 cm³/mol. The van der Waals surface area contributed by atoms with Crippen molar-refractivity contribution in [1.29, 1.82) is 0 Å². The van der Waals surface area contributed by atoms with E-state index >= 15 is 0 Å². The molecule has 6 nitrogen and oxygen atoms in total. The van der Waals surface area contributed by atoms with E-state index in [-0.39, 0.29) is 17.8 Å². The van der Waals surface area contributed by atoms with Crippen LogP contribution in [0.4, 0.5) is 5.69 Å². The van der Waals surface area contributed by atoms with Crippen molar-refractivity contribution in [3.8, 4) is 5.75 Å². The van der Waals surface area contributed by atoms with Gasteiger partial charge in [0.25, 0.3) is 0 Å². The van der Waals surface area contributed by atoms with Crippen LogP contribution in [-0.4, -0.2) is 26.4 Å². The average Bonchev–Trinajstić information content (AvgIpc) is 3.08. The van der Waals surface area contributed by atoms with Gasteiger partial charge in [-0.15, -0.1) is 16.8 Å². The maximum Gasteiger partial charge on any atom is 0.234 e. The van der Waals surface area contributed by atoms with Crippen LogP contribution in [0.1, 0.15) is 30.0 Å². The number of carbonyl (C=O) groups excluding carboxylic acids is 1. The molecule has 2 aromatic carbocycles. The third-order valence-corrected chi connectivity index (χ3v) is 5.57. The number of amides is 1. The van der Waals surface area contributed by atoms with Gasteiger partial charge in [-0.25, -0.2) is 0 Å². The number of allylic oxidation sites excluding steroid dienone is 1. The van der Waals surface area contributed by atoms with Gasteiger partial charge >= 0.3 is 0 Å². The topological polar surface area (TPSA) is 69.0 Å². The minimum absolute atomic E-state index is 0.104. The molecule has 1 unspecified atom stereocenters. The summed E-state index contributed by atoms with van der Waals surface area (Å²) in [7, 11) is 0. The van der Waals surface area contributed by atoms with Crippen LogP contribution in [0.3, 0.4) is 0 Å². The van der Waals surface area contributed by atoms with E-state index < -0.39 is 0 Å². The fourth-order valence-electron chi connectivity index (χ4n) is 3.18. The van der Waals surface area contributed by atoms with Gasteiger partial charge in [-0.2, -0.15) is 0 Å². The third-order valence-electron chi connectivity index (χ3n) is 4.37. The Morgan fingerprint density at radius 3 is 2.68 bits per heavy atom. The maximum absolute atomic E-state index is 12.4. The van der Waals surface area contributed by atoms with Crippen LogP contribution in [0, 0.1) is 13.8 Å². The van der Waals surface area contributed by atoms with Crippen molar-refractivity contribution in [3.05, 3.63) is 77.1 Å². The Labute approximate surface area is 191 Å². The van der Waals surface area contributed by atoms with E-state index in [1.807, 2.05) is 49.6 Å². The zero-order valence-corrected chi connectivity index (χ0v) is 19.3. The first kappa shape index (κ1) is 22.9. The lowest BCUT2D eigenvalue weighted by molar-refractivity contribution is -0.113. The van der Waals surface area contributed by atoms with Gasteiger partial charge in [-0.05, 0) is 62.2 Å². The number of halogens is 1. The normalized spacial score (nSPS) is 11.7. The molecule has 31 heavy (non-hydrogen) atoms. The Kier molecular flexibility index (Phi) is 7.76. The number of ether oxygens (including phenoxy) is 1. The first-order chi connectivity index (χ1) is 14.9. The fraction of sp³-hybridized carbons (Fsp3) is 0.261. The number of aromatic nitrogens is 3. The number of aryl methyl sites for hydroxylation is 2. The molecule has 162 valence electrons. The highest BCUT2D eigenvalue weighted by molar-refractivity contribution is 7.99. The molecule has 0 bridgehead atoms. The average molecular weight is 457 g/mol. The second-order valence-corrected chi connectivity index (χ2v) is 8.55. The van der Waals surface area contributed by atoms with Crippen LogP contribution in [0.15, 0.2) is 60.3 Å². The fourth-order valence-corrected chi connectivity index (χ4v) is 4.11. The number of hydrogen-bond acceptors (Lipinski definition) is 5. The third kappa shape index (κ3) is 6.35. The molecule has 1 aromatic heterocycles. The molecule has 1 heterocycles. The summed E-state index contributed by atoms with van der Waals surface area (Å²) in [5.41, 5.74) is 3.00. The molecule has 0 fully saturated rings. The highest BCUT2D eigenvalue weighted by Gasteiger charge is 2.20. The van der Waals surface area contributed by atoms with Gasteiger partial charge in [0.1, 0.15) is 5.75 Å². The van der Waals surface area contributed by atoms with Crippen molar-refractivity contribution in [2.75, 3.05) is 11.1 Å². The molecule has 3 rings (SSSR count). The van der Waals surface area contributed by atoms with Crippen LogP contribution in [0.25, 0.3) is 0 Å². The zero-order chi connectivity index (χ0) is 22.4. The van der Waals surface area contributed by atoms with E-state index in [0.29, 0.717) is 28.3 Å². The van der Waals surface area contributed by atoms with E-state index in [1.165, 1.54) is 11.8 Å². The monoisotopic (exact) mass is 456 g/mol. The molecule has 0 aliphatic heterocycles. The van der Waals surface area contributed by atoms with Crippen molar-refractivity contribution in [3.63, 3.8) is 0 Å². The molecule has 1 atom stereocenters. The summed E-state index contributed by atoms with van der Waals surface area (Å²) in [6.07, 6.45) is 1.41. The van der Waals surface area contributed by atoms with Crippen LogP contribution < -0.4 is 10.1 Å². The largest absolute Gasteiger partial charge is 0.483 e. The van der Waals surface area contributed by atoms with Crippen LogP contribution >= 0.6 is 23.4 Å².